The molecular weight excluding hydrogens is 391 g/mol. The molecule has 0 amide bonds. The topological polar surface area (TPSA) is 24.9 Å². The Hall–Kier alpha value is -0.580. The molecule has 0 radical (unpaired) electrons. The second-order valence-corrected chi connectivity index (χ2v) is 6.61. The van der Waals surface area contributed by atoms with Crippen LogP contribution in [0.1, 0.15) is 23.6 Å². The summed E-state index contributed by atoms with van der Waals surface area (Å²) in [5, 5.41) is 4.01. The first-order chi connectivity index (χ1) is 9.15. The normalized spacial score (nSPS) is 17.3. The van der Waals surface area contributed by atoms with Gasteiger partial charge in [0.15, 0.2) is 0 Å². The van der Waals surface area contributed by atoms with Gasteiger partial charge in [-0.1, -0.05) is 39.7 Å². The lowest BCUT2D eigenvalue weighted by Crippen LogP contribution is -2.07. The predicted octanol–water partition coefficient (Wildman–Crippen LogP) is 5.36. The van der Waals surface area contributed by atoms with Crippen molar-refractivity contribution in [3.8, 4) is 0 Å². The Labute approximate surface area is 133 Å². The van der Waals surface area contributed by atoms with E-state index in [9.17, 15) is 0 Å². The lowest BCUT2D eigenvalue weighted by atomic mass is 10.1. The maximum Gasteiger partial charge on any atom is 0.143 e. The van der Waals surface area contributed by atoms with E-state index in [0.29, 0.717) is 11.2 Å². The summed E-state index contributed by atoms with van der Waals surface area (Å²) < 4.78 is 2.01. The van der Waals surface area contributed by atoms with Crippen LogP contribution in [0.4, 0.5) is 5.69 Å². The number of nitrogens with one attached hydrogen (secondary N) is 1. The Morgan fingerprint density at radius 1 is 1.26 bits per heavy atom. The fourth-order valence-corrected chi connectivity index (χ4v) is 3.49. The molecule has 1 aromatic carbocycles. The van der Waals surface area contributed by atoms with Gasteiger partial charge in [-0.15, -0.1) is 0 Å². The first-order valence-corrected chi connectivity index (χ1v) is 7.96. The number of anilines is 1. The molecule has 1 heterocycles. The molecule has 1 N–H and O–H groups in total. The summed E-state index contributed by atoms with van der Waals surface area (Å²) in [6.07, 6.45) is 3.96. The second-order valence-electron chi connectivity index (χ2n) is 4.54. The van der Waals surface area contributed by atoms with Crippen LogP contribution in [0.3, 0.4) is 0 Å². The summed E-state index contributed by atoms with van der Waals surface area (Å²) in [4.78, 5) is 4.14. The SMILES string of the molecule is Clc1ncc(NC2CCc3c(Br)cccc32)cc1Br. The van der Waals surface area contributed by atoms with E-state index in [1.165, 1.54) is 15.6 Å². The molecule has 0 bridgehead atoms. The van der Waals surface area contributed by atoms with Crippen LogP contribution in [0.15, 0.2) is 39.4 Å². The molecule has 0 saturated heterocycles. The van der Waals surface area contributed by atoms with Crippen LogP contribution in [0.5, 0.6) is 0 Å². The molecule has 5 heteroatoms. The van der Waals surface area contributed by atoms with Crippen molar-refractivity contribution in [1.82, 2.24) is 4.98 Å². The van der Waals surface area contributed by atoms with E-state index in [2.05, 4.69) is 60.4 Å². The number of benzene rings is 1. The van der Waals surface area contributed by atoms with Crippen molar-refractivity contribution in [3.63, 3.8) is 0 Å². The number of fused-ring (bicyclic) bond motifs is 1. The lowest BCUT2D eigenvalue weighted by molar-refractivity contribution is 0.761. The summed E-state index contributed by atoms with van der Waals surface area (Å²) in [5.41, 5.74) is 3.75. The van der Waals surface area contributed by atoms with Crippen LogP contribution in [-0.4, -0.2) is 4.98 Å². The summed E-state index contributed by atoms with van der Waals surface area (Å²) >= 11 is 12.9. The molecule has 0 fully saturated rings. The standard InChI is InChI=1S/C14H11Br2ClN2/c15-11-3-1-2-10-9(11)4-5-13(10)19-8-6-12(16)14(17)18-7-8/h1-3,6-7,13,19H,4-5H2. The van der Waals surface area contributed by atoms with Gasteiger partial charge in [0.1, 0.15) is 5.15 Å². The Bertz CT molecular complexity index is 631. The maximum atomic E-state index is 5.91. The Morgan fingerprint density at radius 3 is 2.89 bits per heavy atom. The quantitative estimate of drug-likeness (QED) is 0.684. The fraction of sp³-hybridized carbons (Fsp3) is 0.214. The van der Waals surface area contributed by atoms with E-state index < -0.39 is 0 Å². The number of nitrogens with zero attached hydrogens (tertiary/aromatic N) is 1. The van der Waals surface area contributed by atoms with Gasteiger partial charge in [-0.25, -0.2) is 4.98 Å². The smallest absolute Gasteiger partial charge is 0.143 e. The predicted molar refractivity (Wildman–Crippen MR) is 85.8 cm³/mol. The van der Waals surface area contributed by atoms with Gasteiger partial charge in [0.2, 0.25) is 0 Å². The molecule has 19 heavy (non-hydrogen) atoms. The highest BCUT2D eigenvalue weighted by Gasteiger charge is 2.23. The Morgan fingerprint density at radius 2 is 2.11 bits per heavy atom. The summed E-state index contributed by atoms with van der Waals surface area (Å²) in [6, 6.07) is 8.66. The molecule has 1 aromatic heterocycles. The van der Waals surface area contributed by atoms with Gasteiger partial charge in [-0.05, 0) is 52.0 Å². The first kappa shape index (κ1) is 13.4. The fourth-order valence-electron chi connectivity index (χ4n) is 2.46. The van der Waals surface area contributed by atoms with Gasteiger partial charge in [-0.3, -0.25) is 0 Å². The third kappa shape index (κ3) is 2.67. The number of rotatable bonds is 2. The maximum absolute atomic E-state index is 5.91. The van der Waals surface area contributed by atoms with Crippen LogP contribution in [0.25, 0.3) is 0 Å². The van der Waals surface area contributed by atoms with Crippen LogP contribution in [0, 0.1) is 0 Å². The van der Waals surface area contributed by atoms with Crippen LogP contribution in [-0.2, 0) is 6.42 Å². The zero-order valence-electron chi connectivity index (χ0n) is 9.96. The average Bonchev–Trinajstić information content (AvgIpc) is 2.79. The number of hydrogen-bond donors (Lipinski definition) is 1. The van der Waals surface area contributed by atoms with Gasteiger partial charge in [0.05, 0.1) is 22.4 Å². The van der Waals surface area contributed by atoms with E-state index >= 15 is 0 Å². The van der Waals surface area contributed by atoms with Crippen LogP contribution < -0.4 is 5.32 Å². The third-order valence-electron chi connectivity index (χ3n) is 3.35. The molecule has 1 aliphatic rings. The molecule has 2 aromatic rings. The van der Waals surface area contributed by atoms with Gasteiger partial charge >= 0.3 is 0 Å². The summed E-state index contributed by atoms with van der Waals surface area (Å²) in [5.74, 6) is 0. The van der Waals surface area contributed by atoms with E-state index in [-0.39, 0.29) is 0 Å². The minimum atomic E-state index is 0.336. The third-order valence-corrected chi connectivity index (χ3v) is 5.23. The number of hydrogen-bond acceptors (Lipinski definition) is 2. The summed E-state index contributed by atoms with van der Waals surface area (Å²) in [6.45, 7) is 0. The Kier molecular flexibility index (Phi) is 3.83. The molecule has 2 nitrogen and oxygen atoms in total. The monoisotopic (exact) mass is 400 g/mol. The molecular formula is C14H11Br2ClN2. The number of halogens is 3. The number of pyridine rings is 1. The van der Waals surface area contributed by atoms with Gasteiger partial charge in [0, 0.05) is 4.47 Å². The second kappa shape index (κ2) is 5.43. The zero-order chi connectivity index (χ0) is 13.4. The van der Waals surface area contributed by atoms with Crippen molar-refractivity contribution in [1.29, 1.82) is 0 Å². The average molecular weight is 403 g/mol. The van der Waals surface area contributed by atoms with Crippen molar-refractivity contribution in [2.45, 2.75) is 18.9 Å². The van der Waals surface area contributed by atoms with Crippen molar-refractivity contribution in [2.24, 2.45) is 0 Å². The van der Waals surface area contributed by atoms with E-state index in [1.807, 2.05) is 6.07 Å². The molecule has 3 rings (SSSR count). The molecule has 0 aliphatic heterocycles. The van der Waals surface area contributed by atoms with Crippen molar-refractivity contribution in [3.05, 3.63) is 55.7 Å². The first-order valence-electron chi connectivity index (χ1n) is 6.00. The lowest BCUT2D eigenvalue weighted by Gasteiger charge is -2.16. The van der Waals surface area contributed by atoms with Crippen LogP contribution in [0.2, 0.25) is 5.15 Å². The van der Waals surface area contributed by atoms with Gasteiger partial charge in [0.25, 0.3) is 0 Å². The van der Waals surface area contributed by atoms with Gasteiger partial charge in [-0.2, -0.15) is 0 Å². The zero-order valence-corrected chi connectivity index (χ0v) is 13.9. The van der Waals surface area contributed by atoms with E-state index in [4.69, 9.17) is 11.6 Å². The molecule has 0 spiro atoms. The highest BCUT2D eigenvalue weighted by atomic mass is 79.9. The molecule has 1 unspecified atom stereocenters. The highest BCUT2D eigenvalue weighted by molar-refractivity contribution is 9.10. The number of aromatic nitrogens is 1. The molecule has 1 atom stereocenters. The van der Waals surface area contributed by atoms with Crippen molar-refractivity contribution in [2.75, 3.05) is 5.32 Å². The van der Waals surface area contributed by atoms with Crippen molar-refractivity contribution < 1.29 is 0 Å². The van der Waals surface area contributed by atoms with Gasteiger partial charge < -0.3 is 5.32 Å². The Balaban J connectivity index is 1.86. The minimum absolute atomic E-state index is 0.336. The summed E-state index contributed by atoms with van der Waals surface area (Å²) in [7, 11) is 0. The minimum Gasteiger partial charge on any atom is -0.377 e. The largest absolute Gasteiger partial charge is 0.377 e. The van der Waals surface area contributed by atoms with Crippen molar-refractivity contribution >= 4 is 49.1 Å². The molecule has 0 saturated carbocycles. The van der Waals surface area contributed by atoms with E-state index in [0.717, 1.165) is 23.0 Å². The van der Waals surface area contributed by atoms with Crippen LogP contribution >= 0.6 is 43.5 Å². The van der Waals surface area contributed by atoms with E-state index in [1.54, 1.807) is 6.20 Å². The molecule has 98 valence electrons. The highest BCUT2D eigenvalue weighted by Crippen LogP contribution is 2.38. The molecule has 1 aliphatic carbocycles.